The van der Waals surface area contributed by atoms with Crippen molar-refractivity contribution in [3.63, 3.8) is 0 Å². The van der Waals surface area contributed by atoms with Crippen molar-refractivity contribution in [2.45, 2.75) is 50.4 Å². The first-order valence-electron chi connectivity index (χ1n) is 11.4. The van der Waals surface area contributed by atoms with Gasteiger partial charge in [-0.15, -0.1) is 0 Å². The van der Waals surface area contributed by atoms with Gasteiger partial charge in [-0.2, -0.15) is 15.8 Å². The van der Waals surface area contributed by atoms with Gasteiger partial charge < -0.3 is 9.47 Å². The summed E-state index contributed by atoms with van der Waals surface area (Å²) < 4.78 is 12.6. The van der Waals surface area contributed by atoms with Crippen LogP contribution in [0.1, 0.15) is 50.2 Å². The Bertz CT molecular complexity index is 1190. The SMILES string of the molecule is N#CC1(C#N)C(c2ccc(-c3ccccc3)cc2)OC23CCCCCCC2C1(C#N)C(=N)O3. The van der Waals surface area contributed by atoms with Crippen LogP contribution in [0.25, 0.3) is 11.1 Å². The molecule has 2 heterocycles. The maximum absolute atomic E-state index is 10.5. The number of hydrogen-bond donors (Lipinski definition) is 1. The van der Waals surface area contributed by atoms with Gasteiger partial charge in [-0.1, -0.05) is 73.9 Å². The summed E-state index contributed by atoms with van der Waals surface area (Å²) >= 11 is 0. The van der Waals surface area contributed by atoms with Crippen molar-refractivity contribution >= 4 is 5.90 Å². The smallest absolute Gasteiger partial charge is 0.217 e. The van der Waals surface area contributed by atoms with Crippen LogP contribution in [0.15, 0.2) is 54.6 Å². The summed E-state index contributed by atoms with van der Waals surface area (Å²) in [7, 11) is 0. The average Bonchev–Trinajstić information content (AvgIpc) is 3.02. The fraction of sp³-hybridized carbons (Fsp3) is 0.407. The fourth-order valence-electron chi connectivity index (χ4n) is 6.00. The molecule has 0 spiro atoms. The summed E-state index contributed by atoms with van der Waals surface area (Å²) in [5.74, 6) is -1.99. The molecule has 1 N–H and O–H groups in total. The van der Waals surface area contributed by atoms with Gasteiger partial charge >= 0.3 is 0 Å². The Labute approximate surface area is 193 Å². The van der Waals surface area contributed by atoms with Gasteiger partial charge in [-0.25, -0.2) is 0 Å². The molecule has 6 heteroatoms. The van der Waals surface area contributed by atoms with Crippen molar-refractivity contribution < 1.29 is 9.47 Å². The second-order valence-corrected chi connectivity index (χ2v) is 9.19. The number of hydrogen-bond acceptors (Lipinski definition) is 6. The van der Waals surface area contributed by atoms with Gasteiger partial charge in [0, 0.05) is 6.42 Å². The Hall–Kier alpha value is -3.66. The molecule has 0 amide bonds. The molecule has 164 valence electrons. The Kier molecular flexibility index (Phi) is 4.97. The van der Waals surface area contributed by atoms with E-state index < -0.39 is 28.6 Å². The van der Waals surface area contributed by atoms with E-state index in [1.54, 1.807) is 0 Å². The van der Waals surface area contributed by atoms with E-state index in [2.05, 4.69) is 18.2 Å². The van der Waals surface area contributed by atoms with Crippen molar-refractivity contribution in [3.8, 4) is 29.3 Å². The van der Waals surface area contributed by atoms with E-state index in [4.69, 9.17) is 14.9 Å². The van der Waals surface area contributed by atoms with Crippen molar-refractivity contribution in [3.05, 3.63) is 60.2 Å². The molecule has 4 atom stereocenters. The van der Waals surface area contributed by atoms with Crippen LogP contribution in [0, 0.1) is 56.2 Å². The topological polar surface area (TPSA) is 114 Å². The highest BCUT2D eigenvalue weighted by molar-refractivity contribution is 5.89. The third-order valence-electron chi connectivity index (χ3n) is 7.64. The van der Waals surface area contributed by atoms with Crippen LogP contribution < -0.4 is 0 Å². The number of rotatable bonds is 2. The summed E-state index contributed by atoms with van der Waals surface area (Å²) in [6, 6.07) is 24.0. The minimum Gasteiger partial charge on any atom is -0.447 e. The van der Waals surface area contributed by atoms with Gasteiger partial charge in [0.15, 0.2) is 5.41 Å². The fourth-order valence-corrected chi connectivity index (χ4v) is 6.00. The zero-order valence-corrected chi connectivity index (χ0v) is 18.3. The first-order chi connectivity index (χ1) is 16.1. The molecule has 2 bridgehead atoms. The third-order valence-corrected chi connectivity index (χ3v) is 7.64. The summed E-state index contributed by atoms with van der Waals surface area (Å²) in [5.41, 5.74) is -0.877. The lowest BCUT2D eigenvalue weighted by atomic mass is 9.52. The van der Waals surface area contributed by atoms with Crippen LogP contribution in [-0.2, 0) is 9.47 Å². The van der Waals surface area contributed by atoms with Crippen LogP contribution in [0.5, 0.6) is 0 Å². The quantitative estimate of drug-likeness (QED) is 0.654. The monoisotopic (exact) mass is 436 g/mol. The molecule has 2 aromatic carbocycles. The number of nitriles is 3. The van der Waals surface area contributed by atoms with Gasteiger partial charge in [0.05, 0.1) is 24.1 Å². The molecule has 4 unspecified atom stereocenters. The van der Waals surface area contributed by atoms with E-state index in [1.807, 2.05) is 54.6 Å². The van der Waals surface area contributed by atoms with Gasteiger partial charge in [-0.3, -0.25) is 5.41 Å². The van der Waals surface area contributed by atoms with Gasteiger partial charge in [-0.05, 0) is 29.5 Å². The van der Waals surface area contributed by atoms with Crippen LogP contribution in [0.3, 0.4) is 0 Å². The average molecular weight is 437 g/mol. The van der Waals surface area contributed by atoms with Crippen molar-refractivity contribution in [1.29, 1.82) is 21.2 Å². The molecule has 0 aromatic heterocycles. The van der Waals surface area contributed by atoms with E-state index in [1.165, 1.54) is 0 Å². The van der Waals surface area contributed by atoms with E-state index in [9.17, 15) is 15.8 Å². The lowest BCUT2D eigenvalue weighted by Gasteiger charge is -2.50. The summed E-state index contributed by atoms with van der Waals surface area (Å²) in [4.78, 5) is 0. The number of nitrogens with one attached hydrogen (secondary N) is 1. The minimum atomic E-state index is -1.89. The molecule has 2 aromatic rings. The van der Waals surface area contributed by atoms with E-state index in [0.29, 0.717) is 18.4 Å². The van der Waals surface area contributed by atoms with Crippen molar-refractivity contribution in [2.24, 2.45) is 16.7 Å². The molecule has 5 rings (SSSR count). The molecular weight excluding hydrogens is 412 g/mol. The highest BCUT2D eigenvalue weighted by Crippen LogP contribution is 2.68. The Balaban J connectivity index is 1.66. The molecule has 3 aliphatic rings. The normalized spacial score (nSPS) is 32.1. The zero-order chi connectivity index (χ0) is 23.1. The highest BCUT2D eigenvalue weighted by atomic mass is 16.7. The van der Waals surface area contributed by atoms with E-state index >= 15 is 0 Å². The van der Waals surface area contributed by atoms with Gasteiger partial charge in [0.1, 0.15) is 6.10 Å². The number of benzene rings is 2. The van der Waals surface area contributed by atoms with Gasteiger partial charge in [0.25, 0.3) is 0 Å². The molecule has 1 saturated carbocycles. The molecular formula is C27H24N4O2. The first kappa shape index (κ1) is 21.2. The summed E-state index contributed by atoms with van der Waals surface area (Å²) in [6.07, 6.45) is 3.84. The van der Waals surface area contributed by atoms with Crippen molar-refractivity contribution in [1.82, 2.24) is 0 Å². The zero-order valence-electron chi connectivity index (χ0n) is 18.3. The van der Waals surface area contributed by atoms with Crippen LogP contribution >= 0.6 is 0 Å². The Morgan fingerprint density at radius 3 is 2.15 bits per heavy atom. The molecule has 1 aliphatic carbocycles. The predicted octanol–water partition coefficient (Wildman–Crippen LogP) is 5.64. The third kappa shape index (κ3) is 2.76. The van der Waals surface area contributed by atoms with Gasteiger partial charge in [0.2, 0.25) is 17.1 Å². The largest absolute Gasteiger partial charge is 0.447 e. The van der Waals surface area contributed by atoms with E-state index in [-0.39, 0.29) is 5.90 Å². The molecule has 0 radical (unpaired) electrons. The molecule has 2 aliphatic heterocycles. The molecule has 2 saturated heterocycles. The van der Waals surface area contributed by atoms with Crippen LogP contribution in [0.2, 0.25) is 0 Å². The van der Waals surface area contributed by atoms with Crippen LogP contribution in [0.4, 0.5) is 0 Å². The lowest BCUT2D eigenvalue weighted by molar-refractivity contribution is -0.289. The maximum atomic E-state index is 10.5. The molecule has 3 fully saturated rings. The van der Waals surface area contributed by atoms with E-state index in [0.717, 1.165) is 36.8 Å². The number of ether oxygens (including phenoxy) is 2. The highest BCUT2D eigenvalue weighted by Gasteiger charge is 2.79. The standard InChI is InChI=1S/C27H24N4O2/c28-16-25(17-29)23(21-13-11-20(12-14-21)19-8-4-3-5-9-19)32-27-15-7-2-1-6-10-22(27)26(25,18-30)24(31)33-27/h3-5,8-9,11-14,22-23,31H,1-2,6-7,10,15H2. The van der Waals surface area contributed by atoms with Crippen molar-refractivity contribution in [2.75, 3.05) is 0 Å². The molecule has 33 heavy (non-hydrogen) atoms. The molecule has 6 nitrogen and oxygen atoms in total. The maximum Gasteiger partial charge on any atom is 0.217 e. The first-order valence-corrected chi connectivity index (χ1v) is 11.4. The summed E-state index contributed by atoms with van der Waals surface area (Å²) in [6.45, 7) is 0. The Morgan fingerprint density at radius 2 is 1.48 bits per heavy atom. The second-order valence-electron chi connectivity index (χ2n) is 9.19. The minimum absolute atomic E-state index is 0.302. The second kappa shape index (κ2) is 7.73. The Morgan fingerprint density at radius 1 is 0.818 bits per heavy atom. The predicted molar refractivity (Wildman–Crippen MR) is 120 cm³/mol. The summed E-state index contributed by atoms with van der Waals surface area (Å²) in [5, 5.41) is 40.0. The number of nitrogens with zero attached hydrogens (tertiary/aromatic N) is 3. The lowest BCUT2D eigenvalue weighted by Crippen LogP contribution is -2.59. The van der Waals surface area contributed by atoms with Crippen LogP contribution in [-0.4, -0.2) is 11.7 Å².